The summed E-state index contributed by atoms with van der Waals surface area (Å²) in [4.78, 5) is 14.6. The van der Waals surface area contributed by atoms with Crippen LogP contribution in [0, 0.1) is 5.92 Å². The van der Waals surface area contributed by atoms with E-state index in [4.69, 9.17) is 0 Å². The van der Waals surface area contributed by atoms with Crippen LogP contribution in [0.15, 0.2) is 29.6 Å². The number of fused-ring (bicyclic) bond motifs is 1. The molecule has 2 N–H and O–H groups in total. The van der Waals surface area contributed by atoms with Gasteiger partial charge in [0, 0.05) is 36.9 Å². The lowest BCUT2D eigenvalue weighted by molar-refractivity contribution is 0.178. The van der Waals surface area contributed by atoms with E-state index < -0.39 is 0 Å². The summed E-state index contributed by atoms with van der Waals surface area (Å²) in [6.07, 6.45) is 2.98. The topological polar surface area (TPSA) is 44.4 Å². The third-order valence-electron chi connectivity index (χ3n) is 4.79. The summed E-state index contributed by atoms with van der Waals surface area (Å²) in [6.45, 7) is 8.53. The fourth-order valence-electron chi connectivity index (χ4n) is 3.55. The van der Waals surface area contributed by atoms with Crippen molar-refractivity contribution in [3.63, 3.8) is 0 Å². The van der Waals surface area contributed by atoms with E-state index in [1.807, 2.05) is 0 Å². The van der Waals surface area contributed by atoms with E-state index in [0.717, 1.165) is 38.9 Å². The van der Waals surface area contributed by atoms with Gasteiger partial charge in [-0.05, 0) is 47.6 Å². The Bertz CT molecular complexity index is 689. The van der Waals surface area contributed by atoms with Crippen LogP contribution in [0.1, 0.15) is 32.3 Å². The molecule has 25 heavy (non-hydrogen) atoms. The van der Waals surface area contributed by atoms with Gasteiger partial charge >= 0.3 is 6.03 Å². The molecule has 4 nitrogen and oxygen atoms in total. The molecule has 0 radical (unpaired) electrons. The Balaban J connectivity index is 1.37. The van der Waals surface area contributed by atoms with Crippen LogP contribution in [-0.4, -0.2) is 43.2 Å². The smallest absolute Gasteiger partial charge is 0.315 e. The van der Waals surface area contributed by atoms with E-state index in [2.05, 4.69) is 59.0 Å². The zero-order valence-corrected chi connectivity index (χ0v) is 16.1. The van der Waals surface area contributed by atoms with Gasteiger partial charge in [-0.1, -0.05) is 32.0 Å². The van der Waals surface area contributed by atoms with Gasteiger partial charge in [-0.25, -0.2) is 4.79 Å². The van der Waals surface area contributed by atoms with E-state index in [0.29, 0.717) is 18.5 Å². The lowest BCUT2D eigenvalue weighted by Crippen LogP contribution is -2.48. The number of amides is 2. The van der Waals surface area contributed by atoms with Crippen molar-refractivity contribution >= 4 is 27.5 Å². The SMILES string of the molecule is CC(C)CN1CCC(NC(=O)NCCc2csc3ccccc23)CC1. The summed E-state index contributed by atoms with van der Waals surface area (Å²) in [5, 5.41) is 9.67. The number of nitrogens with one attached hydrogen (secondary N) is 2. The average molecular weight is 360 g/mol. The highest BCUT2D eigenvalue weighted by Crippen LogP contribution is 2.25. The fraction of sp³-hybridized carbons (Fsp3) is 0.550. The van der Waals surface area contributed by atoms with Crippen LogP contribution in [0.5, 0.6) is 0 Å². The molecule has 0 atom stereocenters. The summed E-state index contributed by atoms with van der Waals surface area (Å²) in [5.74, 6) is 0.709. The number of carbonyl (C=O) groups is 1. The monoisotopic (exact) mass is 359 g/mol. The maximum Gasteiger partial charge on any atom is 0.315 e. The molecule has 0 bridgehead atoms. The van der Waals surface area contributed by atoms with Crippen molar-refractivity contribution in [1.29, 1.82) is 0 Å². The van der Waals surface area contributed by atoms with Crippen molar-refractivity contribution in [2.45, 2.75) is 39.2 Å². The predicted octanol–water partition coefficient (Wildman–Crippen LogP) is 3.86. The predicted molar refractivity (Wildman–Crippen MR) is 106 cm³/mol. The molecular weight excluding hydrogens is 330 g/mol. The van der Waals surface area contributed by atoms with Crippen LogP contribution in [0.3, 0.4) is 0 Å². The Kier molecular flexibility index (Phi) is 6.32. The Labute approximate surface area is 154 Å². The molecule has 1 saturated heterocycles. The summed E-state index contributed by atoms with van der Waals surface area (Å²) in [5.41, 5.74) is 1.32. The summed E-state index contributed by atoms with van der Waals surface area (Å²) >= 11 is 1.77. The minimum absolute atomic E-state index is 0.0261. The first-order chi connectivity index (χ1) is 12.1. The minimum atomic E-state index is -0.0261. The molecule has 1 aromatic heterocycles. The van der Waals surface area contributed by atoms with E-state index >= 15 is 0 Å². The summed E-state index contributed by atoms with van der Waals surface area (Å²) in [7, 11) is 0. The van der Waals surface area contributed by atoms with Gasteiger partial charge in [0.05, 0.1) is 0 Å². The van der Waals surface area contributed by atoms with Gasteiger partial charge in [0.15, 0.2) is 0 Å². The van der Waals surface area contributed by atoms with Gasteiger partial charge in [0.2, 0.25) is 0 Å². The highest BCUT2D eigenvalue weighted by atomic mass is 32.1. The number of likely N-dealkylation sites (tertiary alicyclic amines) is 1. The normalized spacial score (nSPS) is 16.4. The van der Waals surface area contributed by atoms with Gasteiger partial charge in [0.25, 0.3) is 0 Å². The van der Waals surface area contributed by atoms with Crippen molar-refractivity contribution in [3.8, 4) is 0 Å². The molecule has 0 aliphatic carbocycles. The quantitative estimate of drug-likeness (QED) is 0.822. The molecule has 0 spiro atoms. The summed E-state index contributed by atoms with van der Waals surface area (Å²) in [6, 6.07) is 8.74. The van der Waals surface area contributed by atoms with Crippen molar-refractivity contribution in [2.24, 2.45) is 5.92 Å². The molecule has 1 aromatic carbocycles. The second kappa shape index (κ2) is 8.68. The maximum absolute atomic E-state index is 12.1. The van der Waals surface area contributed by atoms with Gasteiger partial charge in [0.1, 0.15) is 0 Å². The Morgan fingerprint density at radius 1 is 1.28 bits per heavy atom. The van der Waals surface area contributed by atoms with Crippen LogP contribution in [0.4, 0.5) is 4.79 Å². The molecule has 0 saturated carbocycles. The molecule has 136 valence electrons. The number of carbonyl (C=O) groups excluding carboxylic acids is 1. The van der Waals surface area contributed by atoms with E-state index in [1.54, 1.807) is 11.3 Å². The fourth-order valence-corrected chi connectivity index (χ4v) is 4.55. The Morgan fingerprint density at radius 2 is 2.04 bits per heavy atom. The highest BCUT2D eigenvalue weighted by Gasteiger charge is 2.20. The number of thiophene rings is 1. The molecule has 2 heterocycles. The largest absolute Gasteiger partial charge is 0.338 e. The Morgan fingerprint density at radius 3 is 2.80 bits per heavy atom. The van der Waals surface area contributed by atoms with E-state index in [9.17, 15) is 4.79 Å². The third kappa shape index (κ3) is 5.19. The molecule has 0 unspecified atom stereocenters. The van der Waals surface area contributed by atoms with Crippen molar-refractivity contribution in [2.75, 3.05) is 26.2 Å². The first-order valence-electron chi connectivity index (χ1n) is 9.33. The van der Waals surface area contributed by atoms with Crippen LogP contribution in [0.2, 0.25) is 0 Å². The second-order valence-electron chi connectivity index (χ2n) is 7.38. The van der Waals surface area contributed by atoms with Crippen molar-refractivity contribution in [3.05, 3.63) is 35.2 Å². The number of piperidine rings is 1. The molecule has 2 aromatic rings. The first-order valence-corrected chi connectivity index (χ1v) is 10.2. The average Bonchev–Trinajstić information content (AvgIpc) is 3.00. The molecule has 1 aliphatic rings. The third-order valence-corrected chi connectivity index (χ3v) is 5.80. The van der Waals surface area contributed by atoms with Gasteiger partial charge < -0.3 is 15.5 Å². The van der Waals surface area contributed by atoms with Crippen molar-refractivity contribution in [1.82, 2.24) is 15.5 Å². The van der Waals surface area contributed by atoms with Crippen LogP contribution >= 0.6 is 11.3 Å². The van der Waals surface area contributed by atoms with E-state index in [1.165, 1.54) is 15.6 Å². The standard InChI is InChI=1S/C20H29N3OS/c1-15(2)13-23-11-8-17(9-12-23)22-20(24)21-10-7-16-14-25-19-6-4-3-5-18(16)19/h3-6,14-15,17H,7-13H2,1-2H3,(H2,21,22,24). The van der Waals surface area contributed by atoms with Crippen LogP contribution < -0.4 is 10.6 Å². The molecule has 2 amide bonds. The van der Waals surface area contributed by atoms with Crippen LogP contribution in [0.25, 0.3) is 10.1 Å². The molecule has 1 aliphatic heterocycles. The minimum Gasteiger partial charge on any atom is -0.338 e. The summed E-state index contributed by atoms with van der Waals surface area (Å²) < 4.78 is 1.31. The number of urea groups is 1. The number of hydrogen-bond acceptors (Lipinski definition) is 3. The molecule has 1 fully saturated rings. The lowest BCUT2D eigenvalue weighted by atomic mass is 10.0. The number of rotatable bonds is 6. The van der Waals surface area contributed by atoms with Gasteiger partial charge in [-0.15, -0.1) is 11.3 Å². The number of hydrogen-bond donors (Lipinski definition) is 2. The maximum atomic E-state index is 12.1. The lowest BCUT2D eigenvalue weighted by Gasteiger charge is -2.33. The first kappa shape index (κ1) is 18.2. The number of nitrogens with zero attached hydrogens (tertiary/aromatic N) is 1. The molecule has 3 rings (SSSR count). The Hall–Kier alpha value is -1.59. The van der Waals surface area contributed by atoms with Gasteiger partial charge in [-0.2, -0.15) is 0 Å². The van der Waals surface area contributed by atoms with Crippen molar-refractivity contribution < 1.29 is 4.79 Å². The van der Waals surface area contributed by atoms with Crippen LogP contribution in [-0.2, 0) is 6.42 Å². The molecule has 5 heteroatoms. The number of benzene rings is 1. The van der Waals surface area contributed by atoms with Gasteiger partial charge in [-0.3, -0.25) is 0 Å². The molecular formula is C20H29N3OS. The second-order valence-corrected chi connectivity index (χ2v) is 8.29. The van der Waals surface area contributed by atoms with E-state index in [-0.39, 0.29) is 6.03 Å². The zero-order valence-electron chi connectivity index (χ0n) is 15.3. The highest BCUT2D eigenvalue weighted by molar-refractivity contribution is 7.17. The zero-order chi connectivity index (χ0) is 17.6.